The number of carboxylic acid groups (broad SMARTS) is 1. The second kappa shape index (κ2) is 47.7. The molecule has 4 saturated heterocycles. The first-order chi connectivity index (χ1) is 62.4. The second-order valence-electron chi connectivity index (χ2n) is 35.8. The van der Waals surface area contributed by atoms with Crippen LogP contribution >= 0.6 is 11.8 Å². The molecule has 0 spiro atoms. The molecule has 4 aliphatic heterocycles. The van der Waals surface area contributed by atoms with Gasteiger partial charge in [-0.05, 0) is 124 Å². The summed E-state index contributed by atoms with van der Waals surface area (Å²) in [7, 11) is 3.02. The van der Waals surface area contributed by atoms with E-state index in [0.29, 0.717) is 70.6 Å². The molecule has 39 nitrogen and oxygen atoms in total. The number of aliphatic hydroxyl groups excluding tert-OH is 1. The van der Waals surface area contributed by atoms with Crippen molar-refractivity contribution in [1.29, 1.82) is 0 Å². The second-order valence-corrected chi connectivity index (χ2v) is 36.8. The Labute approximate surface area is 764 Å². The number of ketones is 1. The number of hydrogen-bond donors (Lipinski definition) is 16. The normalized spacial score (nSPS) is 23.0. The number of Topliss-reactive ketones (excluding diaryl/α,β-unsaturated/α-hetero) is 1. The molecular formula is C91H127N19O20S. The molecule has 14 atom stereocenters. The van der Waals surface area contributed by atoms with Crippen LogP contribution < -0.4 is 65.1 Å². The van der Waals surface area contributed by atoms with E-state index in [1.54, 1.807) is 94.0 Å². The molecule has 0 bridgehead atoms. The third kappa shape index (κ3) is 27.8. The molecule has 2 aromatic heterocycles. The first kappa shape index (κ1) is 101. The summed E-state index contributed by atoms with van der Waals surface area (Å²) in [6.45, 7) is 4.63. The Kier molecular flexibility index (Phi) is 36.8. The van der Waals surface area contributed by atoms with Crippen molar-refractivity contribution >= 4 is 134 Å². The number of carbonyl (C=O) groups is 17. The van der Waals surface area contributed by atoms with Gasteiger partial charge in [0.2, 0.25) is 88.6 Å². The number of rotatable bonds is 30. The molecule has 6 heterocycles. The predicted octanol–water partition coefficient (Wildman–Crippen LogP) is -0.494. The van der Waals surface area contributed by atoms with Crippen molar-refractivity contribution in [3.8, 4) is 5.75 Å². The molecule has 3 unspecified atom stereocenters. The number of carboxylic acids is 1. The van der Waals surface area contributed by atoms with Gasteiger partial charge in [0.15, 0.2) is 5.78 Å². The fraction of sp³-hybridized carbons (Fsp3) is 0.571. The number of nitrogens with zero attached hydrogens (tertiary/aromatic N) is 6. The van der Waals surface area contributed by atoms with Gasteiger partial charge >= 0.3 is 5.97 Å². The zero-order valence-corrected chi connectivity index (χ0v) is 76.0. The van der Waals surface area contributed by atoms with Crippen LogP contribution in [0.3, 0.4) is 0 Å². The topological polar surface area (TPSA) is 574 Å². The van der Waals surface area contributed by atoms with Crippen molar-refractivity contribution in [3.05, 3.63) is 102 Å². The number of amides is 15. The van der Waals surface area contributed by atoms with Crippen molar-refractivity contribution in [2.75, 3.05) is 71.4 Å². The van der Waals surface area contributed by atoms with Crippen LogP contribution in [-0.2, 0) is 107 Å². The number of phenolic OH excluding ortho intramolecular Hbond substituents is 1. The van der Waals surface area contributed by atoms with Crippen LogP contribution in [0.4, 0.5) is 0 Å². The number of hydrogen-bond acceptors (Lipinski definition) is 22. The van der Waals surface area contributed by atoms with E-state index in [1.807, 2.05) is 13.8 Å². The fourth-order valence-corrected chi connectivity index (χ4v) is 19.3. The standard InChI is InChI=1S/C91H127N19O20S/c1-51(2)35-67-89(128)105(5)70-23-12-10-8-7-9-11-21-61(70)87(126)106(6)75(84(123)97-44-77(94)115)50-131-49-58(113)43-95-32-31-64(80(119)101-66(82(121)103-67)39-55-46-107(48-79(117)118)71-24-16-14-20-60(55)71)100-81(120)65(38-54-42-96-63-22-15-13-19-59(54)63)102-86(125)74-40-57(112)47-110(74)91(130)68(36-52(3)4)99-78(116)45-98-83(122)72-25-17-34-109(72)90(129)69(41-76(93)114)104-85(124)73-26-18-33-108(73)88(127)62(92)37-53-27-29-56(111)30-28-53/h13-16,19-20,22,24,27-30,42,46,51-52,57,61-62,64-70,72-75,95-96,111-112H,7-12,17-18,21,23,25-26,31-41,43-45,47-50,92H2,1-6H3,(H2,93,114)(H2,94,115)(H,97,123)(H,98,122)(H,99,116)(H,100,120)(H,101,119)(H,102,125)(H,103,121)(H,104,124)(H,117,118)/t57-,61?,62+,64+,65+,66+,67?,68+,69-,70?,72-,73+,74+,75+/m1/s1. The number of phenols is 1. The number of likely N-dealkylation sites (tertiary alicyclic amines) is 3. The van der Waals surface area contributed by atoms with Crippen LogP contribution in [0.5, 0.6) is 5.75 Å². The Morgan fingerprint density at radius 2 is 1.21 bits per heavy atom. The lowest BCUT2D eigenvalue weighted by Crippen LogP contribution is -2.61. The number of aromatic amines is 1. The van der Waals surface area contributed by atoms with Gasteiger partial charge in [-0.25, -0.2) is 0 Å². The van der Waals surface area contributed by atoms with Gasteiger partial charge in [0.05, 0.1) is 49.9 Å². The molecule has 131 heavy (non-hydrogen) atoms. The highest BCUT2D eigenvalue weighted by molar-refractivity contribution is 8.00. The average Bonchev–Trinajstić information content (AvgIpc) is 1.69. The Balaban J connectivity index is 0.900. The van der Waals surface area contributed by atoms with E-state index in [-0.39, 0.29) is 119 Å². The number of aromatic hydroxyl groups is 1. The minimum atomic E-state index is -1.65. The number of benzene rings is 3. The van der Waals surface area contributed by atoms with Crippen LogP contribution in [0.15, 0.2) is 85.2 Å². The quantitative estimate of drug-likeness (QED) is 0.0276. The van der Waals surface area contributed by atoms with Gasteiger partial charge in [-0.15, -0.1) is 0 Å². The SMILES string of the molecule is CC(C)CC1NC(=O)[C@H](Cc2cn(CC(=O)O)c3ccccc23)NC(=O)[C@@H](NC(=O)[C@H](Cc2c[nH]c3ccccc23)NC(=O)[C@@H]2C[C@@H](O)CN2C(=O)[C@H](CC(C)C)NC(=O)CNC(=O)[C@H]2CCCN2C(=O)[C@@H](CC(N)=O)NC(=O)[C@@H]2CCCN2C(=O)[C@@H](N)Cc2ccc(O)cc2)CCNCC(=O)CSC[C@@H](C(=O)NCC(N)=O)N(C)C(=O)C2CCCCCCCCC2N(C)C1=O. The van der Waals surface area contributed by atoms with E-state index in [1.165, 1.54) is 38.4 Å². The highest BCUT2D eigenvalue weighted by Crippen LogP contribution is 2.32. The third-order valence-corrected chi connectivity index (χ3v) is 25.9. The van der Waals surface area contributed by atoms with Crippen molar-refractivity contribution in [1.82, 2.24) is 81.9 Å². The summed E-state index contributed by atoms with van der Waals surface area (Å²) < 4.78 is 1.47. The number of para-hydroxylation sites is 2. The maximum Gasteiger partial charge on any atom is 0.323 e. The molecule has 712 valence electrons. The van der Waals surface area contributed by atoms with Crippen LogP contribution in [0.25, 0.3) is 21.8 Å². The number of β-amino-alcohol motifs (C(OH)–C–C–N with tert-alkyl or cyclic N) is 1. The lowest BCUT2D eigenvalue weighted by atomic mass is 9.85. The van der Waals surface area contributed by atoms with E-state index in [4.69, 9.17) is 17.2 Å². The fourth-order valence-electron chi connectivity index (χ4n) is 18.2. The summed E-state index contributed by atoms with van der Waals surface area (Å²) >= 11 is 1.04. The van der Waals surface area contributed by atoms with Crippen LogP contribution in [0.1, 0.15) is 154 Å². The highest BCUT2D eigenvalue weighted by Gasteiger charge is 2.47. The third-order valence-electron chi connectivity index (χ3n) is 24.9. The van der Waals surface area contributed by atoms with Crippen molar-refractivity contribution in [3.63, 3.8) is 0 Å². The number of nitrogens with one attached hydrogen (secondary N) is 10. The minimum Gasteiger partial charge on any atom is -0.508 e. The lowest BCUT2D eigenvalue weighted by molar-refractivity contribution is -0.147. The van der Waals surface area contributed by atoms with Crippen LogP contribution in [0.2, 0.25) is 0 Å². The highest BCUT2D eigenvalue weighted by atomic mass is 32.2. The Bertz CT molecular complexity index is 4960. The zero-order valence-electron chi connectivity index (χ0n) is 75.1. The van der Waals surface area contributed by atoms with Gasteiger partial charge in [0, 0.05) is 99.0 Å². The number of thioether (sulfide) groups is 1. The smallest absolute Gasteiger partial charge is 0.323 e. The van der Waals surface area contributed by atoms with Gasteiger partial charge in [-0.2, -0.15) is 11.8 Å². The molecule has 0 radical (unpaired) electrons. The number of H-pyrrole nitrogens is 1. The summed E-state index contributed by atoms with van der Waals surface area (Å²) in [6, 6.07) is 3.89. The average molecular weight is 1840 g/mol. The van der Waals surface area contributed by atoms with Gasteiger partial charge in [0.1, 0.15) is 72.7 Å². The molecule has 3 aromatic carbocycles. The van der Waals surface area contributed by atoms with Gasteiger partial charge in [-0.3, -0.25) is 81.5 Å². The number of likely N-dealkylation sites (N-methyl/N-ethyl adjacent to an activating group) is 2. The summed E-state index contributed by atoms with van der Waals surface area (Å²) in [5, 5.41) is 57.3. The molecule has 1 aliphatic carbocycles. The number of aliphatic hydroxyl groups is 1. The van der Waals surface area contributed by atoms with E-state index < -0.39 is 217 Å². The molecule has 19 N–H and O–H groups in total. The molecule has 5 fully saturated rings. The number of aromatic nitrogens is 2. The summed E-state index contributed by atoms with van der Waals surface area (Å²) in [4.78, 5) is 254. The number of fused-ring (bicyclic) bond motifs is 3. The van der Waals surface area contributed by atoms with Crippen LogP contribution in [0, 0.1) is 17.8 Å². The molecular weight excluding hydrogens is 1710 g/mol. The summed E-state index contributed by atoms with van der Waals surface area (Å²) in [5.74, 6) is -15.4. The van der Waals surface area contributed by atoms with E-state index in [2.05, 4.69) is 52.8 Å². The van der Waals surface area contributed by atoms with E-state index >= 15 is 33.6 Å². The van der Waals surface area contributed by atoms with Crippen LogP contribution in [-0.4, -0.2) is 300 Å². The minimum absolute atomic E-state index is 0.00552. The maximum atomic E-state index is 15.7. The summed E-state index contributed by atoms with van der Waals surface area (Å²) in [5.41, 5.74) is 20.1. The molecule has 40 heteroatoms. The van der Waals surface area contributed by atoms with Crippen molar-refractivity contribution in [2.45, 2.75) is 241 Å². The number of aliphatic carboxylic acids is 1. The Hall–Kier alpha value is -12.0. The monoisotopic (exact) mass is 1840 g/mol. The van der Waals surface area contributed by atoms with Gasteiger partial charge in [0.25, 0.3) is 0 Å². The van der Waals surface area contributed by atoms with Crippen molar-refractivity contribution < 1.29 is 96.8 Å². The Morgan fingerprint density at radius 3 is 1.89 bits per heavy atom. The maximum absolute atomic E-state index is 15.7. The number of nitrogens with two attached hydrogens (primary N) is 3. The first-order valence-electron chi connectivity index (χ1n) is 45.2. The zero-order chi connectivity index (χ0) is 95.0. The Morgan fingerprint density at radius 1 is 0.595 bits per heavy atom. The molecule has 10 rings (SSSR count). The molecule has 1 saturated carbocycles. The largest absolute Gasteiger partial charge is 0.508 e. The first-order valence-corrected chi connectivity index (χ1v) is 46.3. The lowest BCUT2D eigenvalue weighted by Gasteiger charge is -2.39. The van der Waals surface area contributed by atoms with Gasteiger partial charge < -0.3 is 114 Å². The van der Waals surface area contributed by atoms with Gasteiger partial charge in [-0.1, -0.05) is 115 Å². The molecule has 15 amide bonds. The number of primary amides is 2. The molecule has 5 aromatic rings. The van der Waals surface area contributed by atoms with E-state index in [9.17, 15) is 63.3 Å². The predicted molar refractivity (Wildman–Crippen MR) is 484 cm³/mol. The van der Waals surface area contributed by atoms with Crippen molar-refractivity contribution in [2.24, 2.45) is 35.0 Å². The summed E-state index contributed by atoms with van der Waals surface area (Å²) in [6.07, 6.45) is 6.16. The number of carbonyl (C=O) groups excluding carboxylic acids is 16. The molecule has 5 aliphatic rings. The van der Waals surface area contributed by atoms with E-state index in [0.717, 1.165) is 47.2 Å².